The van der Waals surface area contributed by atoms with Crippen LogP contribution in [0.2, 0.25) is 0 Å². The van der Waals surface area contributed by atoms with E-state index in [1.54, 1.807) is 18.3 Å². The zero-order valence-corrected chi connectivity index (χ0v) is 12.0. The van der Waals surface area contributed by atoms with Crippen molar-refractivity contribution in [3.8, 4) is 5.75 Å². The van der Waals surface area contributed by atoms with Crippen molar-refractivity contribution in [2.24, 2.45) is 5.16 Å². The summed E-state index contributed by atoms with van der Waals surface area (Å²) in [4.78, 5) is 21.7. The number of aromatic nitrogens is 1. The number of ether oxygens (including phenoxy) is 1. The molecule has 1 atom stereocenters. The first kappa shape index (κ1) is 14.1. The third-order valence-electron chi connectivity index (χ3n) is 3.32. The van der Waals surface area contributed by atoms with Gasteiger partial charge in [0.2, 0.25) is 0 Å². The smallest absolute Gasteiger partial charge is 0.274 e. The standard InChI is InChI=1S/C16H15N3O3/c1-21-13-8-5-9-17-15(13)18-16(20)12-10-14(22-19-12)11-6-3-2-4-7-11/h2-9,14H,10H2,1H3,(H,17,18,20)/t14-/m0/s1. The van der Waals surface area contributed by atoms with E-state index in [1.165, 1.54) is 7.11 Å². The second-order valence-electron chi connectivity index (χ2n) is 4.76. The molecule has 1 aliphatic heterocycles. The summed E-state index contributed by atoms with van der Waals surface area (Å²) in [5, 5.41) is 6.57. The number of rotatable bonds is 4. The molecule has 1 N–H and O–H groups in total. The number of oxime groups is 1. The average molecular weight is 297 g/mol. The van der Waals surface area contributed by atoms with Crippen molar-refractivity contribution in [3.63, 3.8) is 0 Å². The highest BCUT2D eigenvalue weighted by atomic mass is 16.6. The largest absolute Gasteiger partial charge is 0.493 e. The molecule has 0 spiro atoms. The molecule has 0 saturated carbocycles. The van der Waals surface area contributed by atoms with E-state index in [1.807, 2.05) is 30.3 Å². The fourth-order valence-electron chi connectivity index (χ4n) is 2.19. The van der Waals surface area contributed by atoms with Crippen LogP contribution < -0.4 is 10.1 Å². The molecular weight excluding hydrogens is 282 g/mol. The molecule has 22 heavy (non-hydrogen) atoms. The van der Waals surface area contributed by atoms with Crippen molar-refractivity contribution in [1.29, 1.82) is 0 Å². The number of pyridine rings is 1. The fourth-order valence-corrected chi connectivity index (χ4v) is 2.19. The molecule has 0 radical (unpaired) electrons. The molecule has 112 valence electrons. The van der Waals surface area contributed by atoms with Crippen molar-refractivity contribution in [3.05, 3.63) is 54.2 Å². The first-order valence-electron chi connectivity index (χ1n) is 6.86. The molecule has 2 heterocycles. The van der Waals surface area contributed by atoms with Crippen LogP contribution in [0.1, 0.15) is 18.1 Å². The van der Waals surface area contributed by atoms with E-state index in [9.17, 15) is 4.79 Å². The van der Waals surface area contributed by atoms with Crippen molar-refractivity contribution < 1.29 is 14.4 Å². The van der Waals surface area contributed by atoms with Crippen LogP contribution in [0, 0.1) is 0 Å². The Balaban J connectivity index is 1.67. The van der Waals surface area contributed by atoms with Gasteiger partial charge in [-0.1, -0.05) is 35.5 Å². The maximum absolute atomic E-state index is 12.2. The minimum absolute atomic E-state index is 0.229. The number of methoxy groups -OCH3 is 1. The number of carbonyl (C=O) groups excluding carboxylic acids is 1. The van der Waals surface area contributed by atoms with Gasteiger partial charge in [0.25, 0.3) is 5.91 Å². The van der Waals surface area contributed by atoms with Gasteiger partial charge in [0, 0.05) is 12.6 Å². The SMILES string of the molecule is COc1cccnc1NC(=O)C1=NO[C@H](c2ccccc2)C1. The topological polar surface area (TPSA) is 72.8 Å². The van der Waals surface area contributed by atoms with E-state index in [2.05, 4.69) is 15.5 Å². The number of carbonyl (C=O) groups is 1. The van der Waals surface area contributed by atoms with Gasteiger partial charge in [-0.05, 0) is 17.7 Å². The predicted molar refractivity (Wildman–Crippen MR) is 81.7 cm³/mol. The molecule has 3 rings (SSSR count). The Bertz CT molecular complexity index is 701. The summed E-state index contributed by atoms with van der Waals surface area (Å²) < 4.78 is 5.15. The lowest BCUT2D eigenvalue weighted by Gasteiger charge is -2.08. The molecule has 6 heteroatoms. The van der Waals surface area contributed by atoms with Crippen LogP contribution in [0.15, 0.2) is 53.8 Å². The molecule has 0 unspecified atom stereocenters. The van der Waals surface area contributed by atoms with Gasteiger partial charge in [0.15, 0.2) is 17.7 Å². The van der Waals surface area contributed by atoms with Gasteiger partial charge in [0.05, 0.1) is 7.11 Å². The Kier molecular flexibility index (Phi) is 4.00. The van der Waals surface area contributed by atoms with Crippen LogP contribution >= 0.6 is 0 Å². The van der Waals surface area contributed by atoms with Crippen LogP contribution in [0.4, 0.5) is 5.82 Å². The predicted octanol–water partition coefficient (Wildman–Crippen LogP) is 2.55. The van der Waals surface area contributed by atoms with Gasteiger partial charge >= 0.3 is 0 Å². The fraction of sp³-hybridized carbons (Fsp3) is 0.188. The Labute approximate surface area is 127 Å². The minimum Gasteiger partial charge on any atom is -0.493 e. The Morgan fingerprint density at radius 3 is 2.86 bits per heavy atom. The van der Waals surface area contributed by atoms with E-state index in [0.717, 1.165) is 5.56 Å². The van der Waals surface area contributed by atoms with Gasteiger partial charge in [-0.25, -0.2) is 4.98 Å². The lowest BCUT2D eigenvalue weighted by molar-refractivity contribution is -0.110. The Morgan fingerprint density at radius 1 is 1.27 bits per heavy atom. The highest BCUT2D eigenvalue weighted by Gasteiger charge is 2.27. The molecule has 1 aliphatic rings. The van der Waals surface area contributed by atoms with E-state index < -0.39 is 0 Å². The summed E-state index contributed by atoms with van der Waals surface area (Å²) in [5.74, 6) is 0.520. The van der Waals surface area contributed by atoms with Crippen molar-refractivity contribution in [2.45, 2.75) is 12.5 Å². The van der Waals surface area contributed by atoms with E-state index in [-0.39, 0.29) is 12.0 Å². The van der Waals surface area contributed by atoms with Crippen LogP contribution in [-0.2, 0) is 9.63 Å². The molecule has 1 amide bonds. The molecule has 2 aromatic rings. The zero-order valence-electron chi connectivity index (χ0n) is 12.0. The molecule has 1 aromatic carbocycles. The third kappa shape index (κ3) is 2.90. The Hall–Kier alpha value is -2.89. The number of nitrogens with zero attached hydrogens (tertiary/aromatic N) is 2. The maximum atomic E-state index is 12.2. The lowest BCUT2D eigenvalue weighted by atomic mass is 10.0. The lowest BCUT2D eigenvalue weighted by Crippen LogP contribution is -2.22. The third-order valence-corrected chi connectivity index (χ3v) is 3.32. The second kappa shape index (κ2) is 6.26. The number of hydrogen-bond acceptors (Lipinski definition) is 5. The number of hydrogen-bond donors (Lipinski definition) is 1. The number of benzene rings is 1. The van der Waals surface area contributed by atoms with Crippen LogP contribution in [-0.4, -0.2) is 23.7 Å². The molecule has 0 bridgehead atoms. The van der Waals surface area contributed by atoms with Crippen LogP contribution in [0.3, 0.4) is 0 Å². The van der Waals surface area contributed by atoms with Crippen LogP contribution in [0.5, 0.6) is 5.75 Å². The van der Waals surface area contributed by atoms with Gasteiger partial charge < -0.3 is 14.9 Å². The van der Waals surface area contributed by atoms with Crippen molar-refractivity contribution >= 4 is 17.4 Å². The minimum atomic E-state index is -0.338. The van der Waals surface area contributed by atoms with Crippen molar-refractivity contribution in [1.82, 2.24) is 4.98 Å². The van der Waals surface area contributed by atoms with Gasteiger partial charge in [-0.3, -0.25) is 4.79 Å². The van der Waals surface area contributed by atoms with E-state index >= 15 is 0 Å². The first-order chi connectivity index (χ1) is 10.8. The van der Waals surface area contributed by atoms with Crippen LogP contribution in [0.25, 0.3) is 0 Å². The summed E-state index contributed by atoms with van der Waals surface area (Å²) in [6, 6.07) is 13.1. The van der Waals surface area contributed by atoms with E-state index in [4.69, 9.17) is 9.57 Å². The Morgan fingerprint density at radius 2 is 2.09 bits per heavy atom. The molecule has 0 fully saturated rings. The van der Waals surface area contributed by atoms with E-state index in [0.29, 0.717) is 23.7 Å². The quantitative estimate of drug-likeness (QED) is 0.941. The summed E-state index contributed by atoms with van der Waals surface area (Å²) >= 11 is 0. The monoisotopic (exact) mass is 297 g/mol. The highest BCUT2D eigenvalue weighted by molar-refractivity contribution is 6.43. The van der Waals surface area contributed by atoms with Gasteiger partial charge in [-0.15, -0.1) is 0 Å². The van der Waals surface area contributed by atoms with Gasteiger partial charge in [-0.2, -0.15) is 0 Å². The molecule has 0 saturated heterocycles. The summed E-state index contributed by atoms with van der Waals surface area (Å²) in [7, 11) is 1.52. The maximum Gasteiger partial charge on any atom is 0.274 e. The average Bonchev–Trinajstić information content (AvgIpc) is 3.06. The number of amides is 1. The van der Waals surface area contributed by atoms with Gasteiger partial charge in [0.1, 0.15) is 5.71 Å². The first-order valence-corrected chi connectivity index (χ1v) is 6.86. The second-order valence-corrected chi connectivity index (χ2v) is 4.76. The zero-order chi connectivity index (χ0) is 15.4. The summed E-state index contributed by atoms with van der Waals surface area (Å²) in [5.41, 5.74) is 1.33. The number of anilines is 1. The number of nitrogens with one attached hydrogen (secondary N) is 1. The highest BCUT2D eigenvalue weighted by Crippen LogP contribution is 2.28. The summed E-state index contributed by atoms with van der Waals surface area (Å²) in [6.07, 6.45) is 1.77. The summed E-state index contributed by atoms with van der Waals surface area (Å²) in [6.45, 7) is 0. The van der Waals surface area contributed by atoms with Crippen molar-refractivity contribution in [2.75, 3.05) is 12.4 Å². The molecule has 1 aromatic heterocycles. The molecule has 0 aliphatic carbocycles. The molecule has 6 nitrogen and oxygen atoms in total. The molecular formula is C16H15N3O3. The normalized spacial score (nSPS) is 16.6.